The Labute approximate surface area is 292 Å². The predicted octanol–water partition coefficient (Wildman–Crippen LogP) is 5.20. The van der Waals surface area contributed by atoms with Gasteiger partial charge >= 0.3 is 12.4 Å². The Hall–Kier alpha value is -6.34. The number of carbonyl (C=O) groups is 4. The molecule has 0 radical (unpaired) electrons. The van der Waals surface area contributed by atoms with Crippen molar-refractivity contribution in [3.8, 4) is 0 Å². The summed E-state index contributed by atoms with van der Waals surface area (Å²) in [5.74, 6) is -1.45. The standard InChI is InChI=1S/2C16H16F3N5O2/c2*1-10(26)20-6-7-21-14-13(16(17,18)19)8-22-15(24-14)23-12-4-2-11(9-25)3-5-12/h2*2-5,8-9H,6-7H2,1H3,(H,20,26)(H2,21,22,23,24). The van der Waals surface area contributed by atoms with Gasteiger partial charge in [-0.25, -0.2) is 9.97 Å². The molecule has 0 aliphatic carbocycles. The third-order valence-electron chi connectivity index (χ3n) is 6.38. The number of amides is 2. The van der Waals surface area contributed by atoms with Gasteiger partial charge in [0, 0.05) is 74.9 Å². The molecule has 0 bridgehead atoms. The SMILES string of the molecule is CC(=O)NCCNc1nc(Nc2ccc(C=O)cc2)ncc1C(F)(F)F.CC(=O)NCCNc1nc(Nc2ccc(C=O)cc2)ncc1C(F)(F)F. The monoisotopic (exact) mass is 734 g/mol. The van der Waals surface area contributed by atoms with Gasteiger partial charge < -0.3 is 31.9 Å². The van der Waals surface area contributed by atoms with Gasteiger partial charge in [0.25, 0.3) is 0 Å². The summed E-state index contributed by atoms with van der Waals surface area (Å²) < 4.78 is 78.5. The highest BCUT2D eigenvalue weighted by Crippen LogP contribution is 2.35. The van der Waals surface area contributed by atoms with Crippen LogP contribution in [0.25, 0.3) is 0 Å². The Balaban J connectivity index is 0.000000280. The molecule has 0 aliphatic heterocycles. The summed E-state index contributed by atoms with van der Waals surface area (Å²) >= 11 is 0. The van der Waals surface area contributed by atoms with Gasteiger partial charge in [0.2, 0.25) is 23.7 Å². The Morgan fingerprint density at radius 1 is 0.596 bits per heavy atom. The van der Waals surface area contributed by atoms with Crippen LogP contribution in [0.1, 0.15) is 45.7 Å². The third kappa shape index (κ3) is 13.2. The van der Waals surface area contributed by atoms with Crippen molar-refractivity contribution in [3.05, 3.63) is 83.2 Å². The molecule has 14 nitrogen and oxygen atoms in total. The first kappa shape index (κ1) is 40.1. The molecule has 4 aromatic rings. The maximum Gasteiger partial charge on any atom is 0.421 e. The summed E-state index contributed by atoms with van der Waals surface area (Å²) in [5, 5.41) is 15.6. The molecule has 276 valence electrons. The molecule has 2 amide bonds. The quantitative estimate of drug-likeness (QED) is 0.0565. The molecule has 6 N–H and O–H groups in total. The summed E-state index contributed by atoms with van der Waals surface area (Å²) in [5.41, 5.74) is -0.0723. The highest BCUT2D eigenvalue weighted by molar-refractivity contribution is 5.77. The summed E-state index contributed by atoms with van der Waals surface area (Å²) in [6, 6.07) is 12.5. The Bertz CT molecular complexity index is 1690. The fourth-order valence-corrected chi connectivity index (χ4v) is 3.96. The first-order valence-electron chi connectivity index (χ1n) is 15.1. The van der Waals surface area contributed by atoms with Crippen LogP contribution in [0.15, 0.2) is 60.9 Å². The lowest BCUT2D eigenvalue weighted by atomic mass is 10.2. The molecular formula is C32H32F6N10O4. The van der Waals surface area contributed by atoms with Crippen LogP contribution < -0.4 is 31.9 Å². The van der Waals surface area contributed by atoms with Crippen LogP contribution in [0, 0.1) is 0 Å². The second-order valence-corrected chi connectivity index (χ2v) is 10.5. The van der Waals surface area contributed by atoms with Crippen LogP contribution in [0.5, 0.6) is 0 Å². The van der Waals surface area contributed by atoms with Crippen molar-refractivity contribution in [2.75, 3.05) is 47.4 Å². The Morgan fingerprint density at radius 2 is 0.942 bits per heavy atom. The number of nitrogens with one attached hydrogen (secondary N) is 6. The van der Waals surface area contributed by atoms with Crippen LogP contribution in [0.3, 0.4) is 0 Å². The fraction of sp³-hybridized carbons (Fsp3) is 0.250. The second-order valence-electron chi connectivity index (χ2n) is 10.5. The molecule has 0 unspecified atom stereocenters. The van der Waals surface area contributed by atoms with Crippen molar-refractivity contribution >= 4 is 59.3 Å². The minimum Gasteiger partial charge on any atom is -0.368 e. The van der Waals surface area contributed by atoms with Crippen molar-refractivity contribution in [1.82, 2.24) is 30.6 Å². The number of hydrogen-bond donors (Lipinski definition) is 6. The van der Waals surface area contributed by atoms with E-state index >= 15 is 0 Å². The van der Waals surface area contributed by atoms with E-state index in [9.17, 15) is 45.5 Å². The third-order valence-corrected chi connectivity index (χ3v) is 6.38. The number of carbonyl (C=O) groups excluding carboxylic acids is 4. The van der Waals surface area contributed by atoms with Crippen molar-refractivity contribution in [1.29, 1.82) is 0 Å². The molecule has 52 heavy (non-hydrogen) atoms. The molecular weight excluding hydrogens is 702 g/mol. The average Bonchev–Trinajstić information content (AvgIpc) is 3.08. The minimum absolute atomic E-state index is 0.0427. The zero-order valence-electron chi connectivity index (χ0n) is 27.4. The molecule has 0 atom stereocenters. The lowest BCUT2D eigenvalue weighted by Gasteiger charge is -2.15. The lowest BCUT2D eigenvalue weighted by molar-refractivity contribution is -0.138. The first-order valence-corrected chi connectivity index (χ1v) is 15.1. The number of aldehydes is 2. The second kappa shape index (κ2) is 18.6. The molecule has 4 rings (SSSR count). The number of anilines is 6. The summed E-state index contributed by atoms with van der Waals surface area (Å²) in [4.78, 5) is 58.0. The van der Waals surface area contributed by atoms with Crippen LogP contribution in [0.2, 0.25) is 0 Å². The smallest absolute Gasteiger partial charge is 0.368 e. The van der Waals surface area contributed by atoms with Gasteiger partial charge in [-0.3, -0.25) is 19.2 Å². The van der Waals surface area contributed by atoms with Crippen LogP contribution in [0.4, 0.5) is 61.2 Å². The van der Waals surface area contributed by atoms with Gasteiger partial charge in [0.15, 0.2) is 0 Å². The topological polar surface area (TPSA) is 192 Å². The number of halogens is 6. The van der Waals surface area contributed by atoms with Crippen molar-refractivity contribution in [2.45, 2.75) is 26.2 Å². The van der Waals surface area contributed by atoms with E-state index < -0.39 is 35.1 Å². The summed E-state index contributed by atoms with van der Waals surface area (Å²) in [7, 11) is 0. The van der Waals surface area contributed by atoms with E-state index in [4.69, 9.17) is 0 Å². The normalized spacial score (nSPS) is 10.9. The van der Waals surface area contributed by atoms with E-state index in [-0.39, 0.29) is 49.9 Å². The number of alkyl halides is 6. The Kier molecular flexibility index (Phi) is 14.3. The maximum atomic E-state index is 13.1. The average molecular weight is 735 g/mol. The van der Waals surface area contributed by atoms with E-state index in [1.54, 1.807) is 48.5 Å². The number of aromatic nitrogens is 4. The van der Waals surface area contributed by atoms with Crippen LogP contribution in [-0.4, -0.2) is 70.5 Å². The maximum absolute atomic E-state index is 13.1. The van der Waals surface area contributed by atoms with Gasteiger partial charge in [-0.05, 0) is 48.5 Å². The molecule has 0 aliphatic rings. The first-order chi connectivity index (χ1) is 24.6. The molecule has 0 saturated heterocycles. The van der Waals surface area contributed by atoms with E-state index in [0.29, 0.717) is 47.5 Å². The number of benzene rings is 2. The van der Waals surface area contributed by atoms with E-state index in [2.05, 4.69) is 51.8 Å². The van der Waals surface area contributed by atoms with Gasteiger partial charge in [-0.1, -0.05) is 0 Å². The molecule has 2 heterocycles. The van der Waals surface area contributed by atoms with E-state index in [1.165, 1.54) is 13.8 Å². The van der Waals surface area contributed by atoms with Gasteiger partial charge in [-0.2, -0.15) is 36.3 Å². The predicted molar refractivity (Wildman–Crippen MR) is 179 cm³/mol. The number of hydrogen-bond acceptors (Lipinski definition) is 12. The molecule has 0 spiro atoms. The molecule has 0 saturated carbocycles. The molecule has 2 aromatic carbocycles. The molecule has 0 fully saturated rings. The number of rotatable bonds is 14. The van der Waals surface area contributed by atoms with Crippen molar-refractivity contribution < 1.29 is 45.5 Å². The molecule has 20 heteroatoms. The highest BCUT2D eigenvalue weighted by atomic mass is 19.4. The minimum atomic E-state index is -4.62. The molecule has 2 aromatic heterocycles. The van der Waals surface area contributed by atoms with E-state index in [0.717, 1.165) is 0 Å². The number of nitrogens with zero attached hydrogens (tertiary/aromatic N) is 4. The largest absolute Gasteiger partial charge is 0.421 e. The van der Waals surface area contributed by atoms with Crippen LogP contribution >= 0.6 is 0 Å². The van der Waals surface area contributed by atoms with Crippen molar-refractivity contribution in [2.24, 2.45) is 0 Å². The van der Waals surface area contributed by atoms with Gasteiger partial charge in [0.1, 0.15) is 35.3 Å². The zero-order chi connectivity index (χ0) is 38.3. The Morgan fingerprint density at radius 3 is 1.23 bits per heavy atom. The lowest BCUT2D eigenvalue weighted by Crippen LogP contribution is -2.27. The fourth-order valence-electron chi connectivity index (χ4n) is 3.96. The van der Waals surface area contributed by atoms with Crippen LogP contribution in [-0.2, 0) is 21.9 Å². The zero-order valence-corrected chi connectivity index (χ0v) is 27.4. The summed E-state index contributed by atoms with van der Waals surface area (Å²) in [6.45, 7) is 3.03. The van der Waals surface area contributed by atoms with E-state index in [1.807, 2.05) is 0 Å². The summed E-state index contributed by atoms with van der Waals surface area (Å²) in [6.07, 6.45) is -6.54. The highest BCUT2D eigenvalue weighted by Gasteiger charge is 2.36. The van der Waals surface area contributed by atoms with Gasteiger partial charge in [-0.15, -0.1) is 0 Å². The van der Waals surface area contributed by atoms with Gasteiger partial charge in [0.05, 0.1) is 0 Å². The van der Waals surface area contributed by atoms with Crippen molar-refractivity contribution in [3.63, 3.8) is 0 Å².